The number of thioether (sulfide) groups is 1. The van der Waals surface area contributed by atoms with E-state index in [0.29, 0.717) is 24.0 Å². The Balaban J connectivity index is 1.72. The number of esters is 1. The molecule has 1 aliphatic carbocycles. The van der Waals surface area contributed by atoms with Gasteiger partial charge in [-0.2, -0.15) is 0 Å². The molecule has 1 saturated carbocycles. The molecule has 2 aliphatic rings. The van der Waals surface area contributed by atoms with E-state index in [0.717, 1.165) is 29.4 Å². The van der Waals surface area contributed by atoms with Crippen molar-refractivity contribution in [2.75, 3.05) is 14.2 Å². The van der Waals surface area contributed by atoms with Crippen LogP contribution in [0.15, 0.2) is 23.4 Å². The molecule has 0 spiro atoms. The number of carbonyl (C=O) groups is 1. The van der Waals surface area contributed by atoms with Crippen LogP contribution in [-0.2, 0) is 9.53 Å². The van der Waals surface area contributed by atoms with Gasteiger partial charge in [-0.25, -0.2) is 0 Å². The average Bonchev–Trinajstić information content (AvgIpc) is 3.30. The van der Waals surface area contributed by atoms with Crippen molar-refractivity contribution in [1.82, 2.24) is 14.8 Å². The molecule has 2 aromatic rings. The molecule has 0 amide bonds. The first-order chi connectivity index (χ1) is 14.1. The van der Waals surface area contributed by atoms with Gasteiger partial charge in [-0.05, 0) is 38.0 Å². The zero-order valence-corrected chi connectivity index (χ0v) is 17.9. The normalized spacial score (nSPS) is 22.5. The maximum atomic E-state index is 12.2. The number of hydrogen-bond donors (Lipinski definition) is 0. The van der Waals surface area contributed by atoms with Crippen LogP contribution in [0.3, 0.4) is 0 Å². The van der Waals surface area contributed by atoms with Crippen molar-refractivity contribution in [2.24, 2.45) is 0 Å². The molecule has 7 nitrogen and oxygen atoms in total. The van der Waals surface area contributed by atoms with Crippen LogP contribution in [0.1, 0.15) is 51.5 Å². The molecule has 0 N–H and O–H groups in total. The van der Waals surface area contributed by atoms with Gasteiger partial charge < -0.3 is 14.2 Å². The summed E-state index contributed by atoms with van der Waals surface area (Å²) in [7, 11) is 3.25. The van der Waals surface area contributed by atoms with E-state index in [9.17, 15) is 4.79 Å². The van der Waals surface area contributed by atoms with E-state index < -0.39 is 0 Å². The molecular formula is C21H27N3O4S. The summed E-state index contributed by atoms with van der Waals surface area (Å²) in [5, 5.41) is 9.57. The first-order valence-corrected chi connectivity index (χ1v) is 11.0. The van der Waals surface area contributed by atoms with Gasteiger partial charge in [0.2, 0.25) is 0 Å². The van der Waals surface area contributed by atoms with E-state index in [4.69, 9.17) is 14.2 Å². The Morgan fingerprint density at radius 1 is 1.10 bits per heavy atom. The van der Waals surface area contributed by atoms with Crippen LogP contribution >= 0.6 is 11.8 Å². The fourth-order valence-corrected chi connectivity index (χ4v) is 5.35. The molecule has 29 heavy (non-hydrogen) atoms. The fraction of sp³-hybridized carbons (Fsp3) is 0.571. The largest absolute Gasteiger partial charge is 0.493 e. The Kier molecular flexibility index (Phi) is 5.99. The summed E-state index contributed by atoms with van der Waals surface area (Å²) in [6.07, 6.45) is 6.50. The van der Waals surface area contributed by atoms with Crippen LogP contribution in [0.4, 0.5) is 0 Å². The molecule has 4 rings (SSSR count). The van der Waals surface area contributed by atoms with Crippen molar-refractivity contribution in [3.8, 4) is 22.9 Å². The molecule has 8 heteroatoms. The maximum absolute atomic E-state index is 12.2. The first kappa shape index (κ1) is 20.1. The molecule has 2 atom stereocenters. The third-order valence-corrected chi connectivity index (χ3v) is 6.78. The van der Waals surface area contributed by atoms with Gasteiger partial charge in [0.15, 0.2) is 22.5 Å². The second kappa shape index (κ2) is 8.65. The van der Waals surface area contributed by atoms with Crippen LogP contribution in [0.5, 0.6) is 11.5 Å². The zero-order chi connectivity index (χ0) is 20.4. The van der Waals surface area contributed by atoms with Crippen molar-refractivity contribution in [1.29, 1.82) is 0 Å². The quantitative estimate of drug-likeness (QED) is 0.650. The van der Waals surface area contributed by atoms with Gasteiger partial charge in [0.1, 0.15) is 11.4 Å². The maximum Gasteiger partial charge on any atom is 0.319 e. The standard InChI is InChI=1S/C21H27N3O4S/c1-13-11-18(20(25)28-13)29-21-23-22-19(24(21)15-7-5-4-6-8-15)14-9-10-16(26-2)17(12-14)27-3/h9-10,12-13,15,18H,4-8,11H2,1-3H3/t13-,18+/m1/s1. The highest BCUT2D eigenvalue weighted by atomic mass is 32.2. The molecule has 1 aliphatic heterocycles. The number of aromatic nitrogens is 3. The van der Waals surface area contributed by atoms with Gasteiger partial charge in [-0.1, -0.05) is 31.0 Å². The monoisotopic (exact) mass is 417 g/mol. The van der Waals surface area contributed by atoms with Gasteiger partial charge in [0, 0.05) is 18.0 Å². The summed E-state index contributed by atoms with van der Waals surface area (Å²) in [6, 6.07) is 6.13. The predicted octanol–water partition coefficient (Wildman–Crippen LogP) is 4.26. The highest BCUT2D eigenvalue weighted by Gasteiger charge is 2.35. The van der Waals surface area contributed by atoms with Gasteiger partial charge in [-0.15, -0.1) is 10.2 Å². The number of nitrogens with zero attached hydrogens (tertiary/aromatic N) is 3. The Labute approximate surface area is 175 Å². The third-order valence-electron chi connectivity index (χ3n) is 5.62. The van der Waals surface area contributed by atoms with Gasteiger partial charge >= 0.3 is 5.97 Å². The SMILES string of the molecule is COc1ccc(-c2nnc(S[C@H]3C[C@@H](C)OC3=O)n2C2CCCCC2)cc1OC. The van der Waals surface area contributed by atoms with E-state index in [1.807, 2.05) is 25.1 Å². The molecule has 1 aromatic heterocycles. The minimum absolute atomic E-state index is 0.0450. The zero-order valence-electron chi connectivity index (χ0n) is 17.1. The summed E-state index contributed by atoms with van der Waals surface area (Å²) in [6.45, 7) is 1.93. The Morgan fingerprint density at radius 2 is 1.86 bits per heavy atom. The molecule has 2 heterocycles. The van der Waals surface area contributed by atoms with Crippen molar-refractivity contribution < 1.29 is 19.0 Å². The highest BCUT2D eigenvalue weighted by molar-refractivity contribution is 8.00. The van der Waals surface area contributed by atoms with Crippen LogP contribution < -0.4 is 9.47 Å². The molecule has 0 bridgehead atoms. The average molecular weight is 418 g/mol. The first-order valence-electron chi connectivity index (χ1n) is 10.1. The smallest absolute Gasteiger partial charge is 0.319 e. The van der Waals surface area contributed by atoms with Gasteiger partial charge in [-0.3, -0.25) is 9.36 Å². The van der Waals surface area contributed by atoms with E-state index >= 15 is 0 Å². The number of methoxy groups -OCH3 is 2. The lowest BCUT2D eigenvalue weighted by Gasteiger charge is -2.26. The van der Waals surface area contributed by atoms with Gasteiger partial charge in [0.25, 0.3) is 0 Å². The van der Waals surface area contributed by atoms with E-state index in [2.05, 4.69) is 14.8 Å². The number of carbonyl (C=O) groups excluding carboxylic acids is 1. The van der Waals surface area contributed by atoms with Crippen molar-refractivity contribution in [3.05, 3.63) is 18.2 Å². The van der Waals surface area contributed by atoms with E-state index in [-0.39, 0.29) is 17.3 Å². The molecule has 1 aromatic carbocycles. The van der Waals surface area contributed by atoms with E-state index in [1.54, 1.807) is 14.2 Å². The number of rotatable bonds is 6. The Morgan fingerprint density at radius 3 is 2.52 bits per heavy atom. The van der Waals surface area contributed by atoms with Crippen LogP contribution in [0.2, 0.25) is 0 Å². The predicted molar refractivity (Wildman–Crippen MR) is 111 cm³/mol. The summed E-state index contributed by atoms with van der Waals surface area (Å²) >= 11 is 1.48. The van der Waals surface area contributed by atoms with Crippen molar-refractivity contribution >= 4 is 17.7 Å². The second-order valence-electron chi connectivity index (χ2n) is 7.63. The van der Waals surface area contributed by atoms with Crippen LogP contribution in [-0.4, -0.2) is 46.3 Å². The minimum Gasteiger partial charge on any atom is -0.493 e. The summed E-state index contributed by atoms with van der Waals surface area (Å²) in [5.74, 6) is 1.98. The lowest BCUT2D eigenvalue weighted by molar-refractivity contribution is -0.140. The lowest BCUT2D eigenvalue weighted by Crippen LogP contribution is -2.17. The van der Waals surface area contributed by atoms with Gasteiger partial charge in [0.05, 0.1) is 14.2 Å². The minimum atomic E-state index is -0.227. The van der Waals surface area contributed by atoms with E-state index in [1.165, 1.54) is 31.0 Å². The third kappa shape index (κ3) is 4.08. The molecule has 0 unspecified atom stereocenters. The molecule has 0 radical (unpaired) electrons. The summed E-state index contributed by atoms with van der Waals surface area (Å²) in [4.78, 5) is 12.2. The highest BCUT2D eigenvalue weighted by Crippen LogP contribution is 2.40. The molecule has 156 valence electrons. The fourth-order valence-electron chi connectivity index (χ4n) is 4.14. The van der Waals surface area contributed by atoms with Crippen molar-refractivity contribution in [2.45, 2.75) is 68.0 Å². The van der Waals surface area contributed by atoms with Crippen LogP contribution in [0.25, 0.3) is 11.4 Å². The number of hydrogen-bond acceptors (Lipinski definition) is 7. The van der Waals surface area contributed by atoms with Crippen molar-refractivity contribution in [3.63, 3.8) is 0 Å². The lowest BCUT2D eigenvalue weighted by atomic mass is 9.95. The summed E-state index contributed by atoms with van der Waals surface area (Å²) in [5.41, 5.74) is 0.926. The second-order valence-corrected chi connectivity index (χ2v) is 8.80. The number of cyclic esters (lactones) is 1. The number of benzene rings is 1. The molecule has 1 saturated heterocycles. The Bertz CT molecular complexity index is 879. The summed E-state index contributed by atoms with van der Waals surface area (Å²) < 4.78 is 18.4. The Hall–Kier alpha value is -2.22. The molecule has 2 fully saturated rings. The topological polar surface area (TPSA) is 75.5 Å². The molecular weight excluding hydrogens is 390 g/mol. The number of ether oxygens (including phenoxy) is 3. The van der Waals surface area contributed by atoms with Crippen LogP contribution in [0, 0.1) is 0 Å².